The van der Waals surface area contributed by atoms with Crippen molar-refractivity contribution >= 4 is 47.8 Å². The maximum absolute atomic E-state index is 12.9. The Morgan fingerprint density at radius 1 is 0.516 bits per heavy atom. The molecular weight excluding hydrogens is 808 g/mol. The minimum atomic E-state index is -0.678. The van der Waals surface area contributed by atoms with Crippen LogP contribution in [0.2, 0.25) is 0 Å². The first-order valence-corrected chi connectivity index (χ1v) is 20.5. The molecule has 16 heteroatoms. The lowest BCUT2D eigenvalue weighted by Gasteiger charge is -2.25. The van der Waals surface area contributed by atoms with Gasteiger partial charge in [0.15, 0.2) is 0 Å². The maximum Gasteiger partial charge on any atom is 0.333 e. The summed E-state index contributed by atoms with van der Waals surface area (Å²) in [5, 5.41) is 0. The zero-order valence-electron chi connectivity index (χ0n) is 35.8. The van der Waals surface area contributed by atoms with Crippen LogP contribution in [-0.4, -0.2) is 86.4 Å². The summed E-state index contributed by atoms with van der Waals surface area (Å²) in [7, 11) is 0. The maximum atomic E-state index is 12.9. The van der Waals surface area contributed by atoms with Gasteiger partial charge in [-0.15, -0.1) is 0 Å². The van der Waals surface area contributed by atoms with Gasteiger partial charge in [0.05, 0.1) is 50.7 Å². The zero-order valence-corrected chi connectivity index (χ0v) is 35.8. The minimum Gasteiger partial charge on any atom is -0.465 e. The van der Waals surface area contributed by atoms with E-state index in [4.69, 9.17) is 37.9 Å². The Labute approximate surface area is 361 Å². The second-order valence-electron chi connectivity index (χ2n) is 15.0. The predicted molar refractivity (Wildman–Crippen MR) is 220 cm³/mol. The third-order valence-corrected chi connectivity index (χ3v) is 9.31. The Hall–Kier alpha value is -6.32. The quantitative estimate of drug-likeness (QED) is 0.0525. The molecule has 0 radical (unpaired) electrons. The fraction of sp³-hybridized carbons (Fsp3) is 0.478. The highest BCUT2D eigenvalue weighted by atomic mass is 16.6. The van der Waals surface area contributed by atoms with Gasteiger partial charge < -0.3 is 37.9 Å². The van der Waals surface area contributed by atoms with Crippen LogP contribution in [0, 0.1) is 11.8 Å². The summed E-state index contributed by atoms with van der Waals surface area (Å²) < 4.78 is 41.7. The number of rotatable bonds is 24. The van der Waals surface area contributed by atoms with Gasteiger partial charge in [0, 0.05) is 24.0 Å². The van der Waals surface area contributed by atoms with Gasteiger partial charge in [0.2, 0.25) is 0 Å². The van der Waals surface area contributed by atoms with E-state index in [-0.39, 0.29) is 87.0 Å². The van der Waals surface area contributed by atoms with Gasteiger partial charge in [0.1, 0.15) is 36.9 Å². The molecule has 2 atom stereocenters. The van der Waals surface area contributed by atoms with Crippen LogP contribution in [0.15, 0.2) is 72.8 Å². The average molecular weight is 865 g/mol. The Balaban J connectivity index is 1.26. The molecule has 1 saturated carbocycles. The van der Waals surface area contributed by atoms with Gasteiger partial charge in [-0.3, -0.25) is 28.8 Å². The van der Waals surface area contributed by atoms with E-state index in [0.29, 0.717) is 50.0 Å². The first-order valence-electron chi connectivity index (χ1n) is 20.5. The first-order chi connectivity index (χ1) is 29.5. The van der Waals surface area contributed by atoms with Gasteiger partial charge in [-0.05, 0) is 88.8 Å². The Morgan fingerprint density at radius 2 is 0.839 bits per heavy atom. The molecule has 1 fully saturated rings. The van der Waals surface area contributed by atoms with Crippen molar-refractivity contribution in [2.75, 3.05) is 26.4 Å². The summed E-state index contributed by atoms with van der Waals surface area (Å²) in [5.41, 5.74) is 2.14. The molecular formula is C46H56O16. The summed E-state index contributed by atoms with van der Waals surface area (Å²) in [6, 6.07) is 13.6. The average Bonchev–Trinajstić information content (AvgIpc) is 3.24. The summed E-state index contributed by atoms with van der Waals surface area (Å²) >= 11 is 0. The molecule has 62 heavy (non-hydrogen) atoms. The second-order valence-corrected chi connectivity index (χ2v) is 15.0. The topological polar surface area (TPSA) is 210 Å². The molecule has 0 N–H and O–H groups in total. The lowest BCUT2D eigenvalue weighted by atomic mass is 9.82. The predicted octanol–water partition coefficient (Wildman–Crippen LogP) is 5.84. The van der Waals surface area contributed by atoms with Crippen molar-refractivity contribution in [2.45, 2.75) is 104 Å². The number of esters is 8. The summed E-state index contributed by atoms with van der Waals surface area (Å²) in [5.74, 6) is -4.30. The van der Waals surface area contributed by atoms with Crippen molar-refractivity contribution in [2.24, 2.45) is 11.8 Å². The van der Waals surface area contributed by atoms with Gasteiger partial charge in [-0.2, -0.15) is 0 Å². The molecule has 0 saturated heterocycles. The van der Waals surface area contributed by atoms with Gasteiger partial charge in [-0.25, -0.2) is 9.59 Å². The van der Waals surface area contributed by atoms with E-state index in [1.54, 1.807) is 62.4 Å². The molecule has 0 spiro atoms. The fourth-order valence-corrected chi connectivity index (χ4v) is 5.80. The standard InChI is InChI=1S/C46H56O16/c1-29(2)43(51)57-27-31(5)59-41(49)21-19-39(47)55-25-23-33-7-15-37(16-8-33)61-45(53)35-11-13-36(14-12-35)46(54)62-38-17-9-34(10-18-38)24-26-56-40(48)20-22-42(50)60-32(6)28-58-44(52)30(3)4/h7-10,15-18,31-32,35-36H,1,3,11-14,19-28H2,2,4-6H3. The lowest BCUT2D eigenvalue weighted by molar-refractivity contribution is -0.158. The molecule has 336 valence electrons. The fourth-order valence-electron chi connectivity index (χ4n) is 5.80. The van der Waals surface area contributed by atoms with Crippen LogP contribution in [0.1, 0.15) is 90.2 Å². The molecule has 16 nitrogen and oxygen atoms in total. The Morgan fingerprint density at radius 3 is 1.16 bits per heavy atom. The molecule has 2 unspecified atom stereocenters. The molecule has 2 aromatic carbocycles. The van der Waals surface area contributed by atoms with Gasteiger partial charge >= 0.3 is 47.8 Å². The summed E-state index contributed by atoms with van der Waals surface area (Å²) in [4.78, 5) is 96.8. The number of carbonyl (C=O) groups excluding carboxylic acids is 8. The number of ether oxygens (including phenoxy) is 8. The summed E-state index contributed by atoms with van der Waals surface area (Å²) in [6.45, 7) is 13.0. The highest BCUT2D eigenvalue weighted by molar-refractivity contribution is 5.87. The molecule has 2 aromatic rings. The largest absolute Gasteiger partial charge is 0.465 e. The van der Waals surface area contributed by atoms with Crippen LogP contribution >= 0.6 is 0 Å². The van der Waals surface area contributed by atoms with Crippen molar-refractivity contribution in [3.05, 3.63) is 84.0 Å². The number of hydrogen-bond donors (Lipinski definition) is 0. The van der Waals surface area contributed by atoms with Crippen molar-refractivity contribution < 1.29 is 76.3 Å². The number of carbonyl (C=O) groups is 8. The molecule has 0 bridgehead atoms. The van der Waals surface area contributed by atoms with Crippen molar-refractivity contribution in [3.63, 3.8) is 0 Å². The van der Waals surface area contributed by atoms with Crippen LogP contribution in [-0.2, 0) is 79.6 Å². The van der Waals surface area contributed by atoms with Crippen LogP contribution in [0.3, 0.4) is 0 Å². The van der Waals surface area contributed by atoms with Crippen LogP contribution in [0.5, 0.6) is 11.5 Å². The molecule has 0 amide bonds. The van der Waals surface area contributed by atoms with E-state index in [9.17, 15) is 38.4 Å². The molecule has 0 aromatic heterocycles. The second kappa shape index (κ2) is 26.1. The van der Waals surface area contributed by atoms with Crippen molar-refractivity contribution in [1.82, 2.24) is 0 Å². The van der Waals surface area contributed by atoms with E-state index in [1.807, 2.05) is 0 Å². The van der Waals surface area contributed by atoms with E-state index in [2.05, 4.69) is 13.2 Å². The molecule has 0 heterocycles. The van der Waals surface area contributed by atoms with Crippen molar-refractivity contribution in [1.29, 1.82) is 0 Å². The Kier molecular flexibility index (Phi) is 21.1. The number of hydrogen-bond acceptors (Lipinski definition) is 16. The highest BCUT2D eigenvalue weighted by Gasteiger charge is 2.32. The first kappa shape index (κ1) is 50.0. The zero-order chi connectivity index (χ0) is 45.6. The third kappa shape index (κ3) is 19.4. The monoisotopic (exact) mass is 864 g/mol. The molecule has 1 aliphatic rings. The van der Waals surface area contributed by atoms with Crippen LogP contribution in [0.25, 0.3) is 0 Å². The van der Waals surface area contributed by atoms with Crippen molar-refractivity contribution in [3.8, 4) is 11.5 Å². The van der Waals surface area contributed by atoms with Gasteiger partial charge in [-0.1, -0.05) is 37.4 Å². The molecule has 3 rings (SSSR count). The normalized spacial score (nSPS) is 15.4. The van der Waals surface area contributed by atoms with E-state index >= 15 is 0 Å². The minimum absolute atomic E-state index is 0.0848. The van der Waals surface area contributed by atoms with E-state index in [0.717, 1.165) is 11.1 Å². The SMILES string of the molecule is C=C(C)C(=O)OCC(C)OC(=O)CCC(=O)OCCc1ccc(OC(=O)C2CCC(C(=O)Oc3ccc(CCOC(=O)CCC(=O)OC(C)COC(=O)C(=C)C)cc3)CC2)cc1. The lowest BCUT2D eigenvalue weighted by Crippen LogP contribution is -2.30. The van der Waals surface area contributed by atoms with Crippen LogP contribution < -0.4 is 9.47 Å². The van der Waals surface area contributed by atoms with Crippen LogP contribution in [0.4, 0.5) is 0 Å². The highest BCUT2D eigenvalue weighted by Crippen LogP contribution is 2.31. The molecule has 0 aliphatic heterocycles. The molecule has 1 aliphatic carbocycles. The number of benzene rings is 2. The van der Waals surface area contributed by atoms with E-state index < -0.39 is 48.0 Å². The third-order valence-electron chi connectivity index (χ3n) is 9.31. The summed E-state index contributed by atoms with van der Waals surface area (Å²) in [6.07, 6.45) is 0.620. The van der Waals surface area contributed by atoms with Gasteiger partial charge in [0.25, 0.3) is 0 Å². The van der Waals surface area contributed by atoms with E-state index in [1.165, 1.54) is 13.8 Å². The Bertz CT molecular complexity index is 1750. The smallest absolute Gasteiger partial charge is 0.333 e.